The van der Waals surface area contributed by atoms with E-state index in [0.717, 1.165) is 16.8 Å². The Morgan fingerprint density at radius 1 is 1.00 bits per heavy atom. The van der Waals surface area contributed by atoms with E-state index in [1.165, 1.54) is 0 Å². The van der Waals surface area contributed by atoms with Crippen LogP contribution in [0, 0.1) is 13.8 Å². The third kappa shape index (κ3) is 2.54. The number of carboxylic acids is 1. The van der Waals surface area contributed by atoms with Gasteiger partial charge in [-0.3, -0.25) is 4.57 Å². The van der Waals surface area contributed by atoms with Gasteiger partial charge in [-0.25, -0.2) is 9.97 Å². The van der Waals surface area contributed by atoms with E-state index >= 15 is 0 Å². The fraction of sp³-hybridized carbons (Fsp3) is 0.0952. The lowest BCUT2D eigenvalue weighted by Crippen LogP contribution is -2.25. The minimum Gasteiger partial charge on any atom is -0.545 e. The van der Waals surface area contributed by atoms with Gasteiger partial charge < -0.3 is 9.90 Å². The van der Waals surface area contributed by atoms with Crippen LogP contribution < -0.4 is 5.11 Å². The predicted octanol–water partition coefficient (Wildman–Crippen LogP) is 3.07. The average Bonchev–Trinajstić information content (AvgIpc) is 3.05. The van der Waals surface area contributed by atoms with Crippen molar-refractivity contribution in [3.05, 3.63) is 77.7 Å². The molecule has 26 heavy (non-hydrogen) atoms. The number of carbonyl (C=O) groups is 1. The van der Waals surface area contributed by atoms with Crippen LogP contribution in [-0.2, 0) is 0 Å². The molecule has 5 nitrogen and oxygen atoms in total. The molecule has 0 radical (unpaired) electrons. The smallest absolute Gasteiger partial charge is 0.178 e. The molecule has 0 N–H and O–H groups in total. The van der Waals surface area contributed by atoms with Gasteiger partial charge in [0, 0.05) is 22.5 Å². The Morgan fingerprint density at radius 2 is 1.69 bits per heavy atom. The molecule has 2 heterocycles. The molecule has 0 fully saturated rings. The number of rotatable bonds is 3. The summed E-state index contributed by atoms with van der Waals surface area (Å²) in [5.74, 6) is -1.24. The highest BCUT2D eigenvalue weighted by Gasteiger charge is 2.19. The Bertz CT molecular complexity index is 1110. The lowest BCUT2D eigenvalue weighted by Gasteiger charge is -2.16. The summed E-state index contributed by atoms with van der Waals surface area (Å²) in [6.07, 6.45) is 1.67. The second kappa shape index (κ2) is 6.11. The molecular formula is C21H16N3O2-. The number of imidazole rings is 1. The molecule has 4 rings (SSSR count). The highest BCUT2D eigenvalue weighted by Crippen LogP contribution is 2.33. The molecule has 2 aromatic carbocycles. The van der Waals surface area contributed by atoms with Gasteiger partial charge in [-0.15, -0.1) is 0 Å². The summed E-state index contributed by atoms with van der Waals surface area (Å²) in [6, 6.07) is 17.4. The molecule has 5 heteroatoms. The summed E-state index contributed by atoms with van der Waals surface area (Å²) in [5.41, 5.74) is 5.05. The van der Waals surface area contributed by atoms with Crippen LogP contribution in [0.25, 0.3) is 28.0 Å². The quantitative estimate of drug-likeness (QED) is 0.574. The first-order chi connectivity index (χ1) is 12.6. The van der Waals surface area contributed by atoms with Gasteiger partial charge in [0.05, 0.1) is 5.97 Å². The van der Waals surface area contributed by atoms with Crippen molar-refractivity contribution in [1.82, 2.24) is 14.5 Å². The van der Waals surface area contributed by atoms with Crippen LogP contribution >= 0.6 is 0 Å². The van der Waals surface area contributed by atoms with Crippen molar-refractivity contribution in [1.29, 1.82) is 0 Å². The molecule has 0 amide bonds. The zero-order valence-electron chi connectivity index (χ0n) is 14.4. The molecule has 0 aliphatic carbocycles. The number of hydrogen-bond donors (Lipinski definition) is 0. The maximum absolute atomic E-state index is 11.9. The van der Waals surface area contributed by atoms with Crippen LogP contribution in [-0.4, -0.2) is 20.5 Å². The summed E-state index contributed by atoms with van der Waals surface area (Å²) >= 11 is 0. The number of hydrogen-bond acceptors (Lipinski definition) is 4. The molecule has 0 bridgehead atoms. The van der Waals surface area contributed by atoms with Crippen LogP contribution in [0.3, 0.4) is 0 Å². The van der Waals surface area contributed by atoms with E-state index in [0.29, 0.717) is 22.4 Å². The molecule has 0 unspecified atom stereocenters. The first kappa shape index (κ1) is 16.0. The SMILES string of the molecule is Cc1ccc(-n2cnc3nc(C)c(C(=O)[O-])c(-c4ccccc4)c32)cc1. The Balaban J connectivity index is 2.13. The van der Waals surface area contributed by atoms with Crippen LogP contribution in [0.1, 0.15) is 21.6 Å². The molecular weight excluding hydrogens is 326 g/mol. The number of aryl methyl sites for hydroxylation is 2. The third-order valence-corrected chi connectivity index (χ3v) is 4.45. The first-order valence-corrected chi connectivity index (χ1v) is 8.27. The van der Waals surface area contributed by atoms with Crippen molar-refractivity contribution in [2.24, 2.45) is 0 Å². The number of benzene rings is 2. The van der Waals surface area contributed by atoms with Crippen molar-refractivity contribution in [2.75, 3.05) is 0 Å². The monoisotopic (exact) mass is 342 g/mol. The zero-order valence-corrected chi connectivity index (χ0v) is 14.4. The van der Waals surface area contributed by atoms with E-state index in [1.54, 1.807) is 13.3 Å². The number of aromatic nitrogens is 3. The van der Waals surface area contributed by atoms with Crippen molar-refractivity contribution < 1.29 is 9.90 Å². The van der Waals surface area contributed by atoms with E-state index < -0.39 is 5.97 Å². The summed E-state index contributed by atoms with van der Waals surface area (Å²) in [7, 11) is 0. The normalized spacial score (nSPS) is 11.0. The number of aromatic carboxylic acids is 1. The number of nitrogens with zero attached hydrogens (tertiary/aromatic N) is 3. The van der Waals surface area contributed by atoms with Crippen molar-refractivity contribution >= 4 is 17.1 Å². The molecule has 0 atom stereocenters. The zero-order chi connectivity index (χ0) is 18.3. The fourth-order valence-electron chi connectivity index (χ4n) is 3.20. The van der Waals surface area contributed by atoms with Crippen LogP contribution in [0.4, 0.5) is 0 Å². The van der Waals surface area contributed by atoms with E-state index in [-0.39, 0.29) is 5.56 Å². The maximum atomic E-state index is 11.9. The van der Waals surface area contributed by atoms with Gasteiger partial charge in [-0.2, -0.15) is 0 Å². The fourth-order valence-corrected chi connectivity index (χ4v) is 3.20. The van der Waals surface area contributed by atoms with Gasteiger partial charge in [0.15, 0.2) is 5.65 Å². The van der Waals surface area contributed by atoms with Gasteiger partial charge in [0.1, 0.15) is 11.8 Å². The Labute approximate surface area is 150 Å². The minimum absolute atomic E-state index is 0.0950. The Morgan fingerprint density at radius 3 is 2.35 bits per heavy atom. The maximum Gasteiger partial charge on any atom is 0.178 e. The highest BCUT2D eigenvalue weighted by molar-refractivity contribution is 6.05. The molecule has 2 aromatic heterocycles. The Kier molecular flexibility index (Phi) is 3.77. The number of fused-ring (bicyclic) bond motifs is 1. The highest BCUT2D eigenvalue weighted by atomic mass is 16.4. The van der Waals surface area contributed by atoms with Gasteiger partial charge in [0.25, 0.3) is 0 Å². The molecule has 0 saturated heterocycles. The van der Waals surface area contributed by atoms with Gasteiger partial charge >= 0.3 is 0 Å². The number of carboxylic acid groups (broad SMARTS) is 1. The van der Waals surface area contributed by atoms with Crippen LogP contribution in [0.15, 0.2) is 60.9 Å². The molecule has 0 aliphatic rings. The number of carbonyl (C=O) groups excluding carboxylic acids is 1. The topological polar surface area (TPSA) is 70.8 Å². The second-order valence-corrected chi connectivity index (χ2v) is 6.22. The third-order valence-electron chi connectivity index (χ3n) is 4.45. The Hall–Kier alpha value is -3.47. The predicted molar refractivity (Wildman–Crippen MR) is 98.1 cm³/mol. The van der Waals surface area contributed by atoms with E-state index in [1.807, 2.05) is 66.1 Å². The van der Waals surface area contributed by atoms with E-state index in [9.17, 15) is 9.90 Å². The van der Waals surface area contributed by atoms with E-state index in [4.69, 9.17) is 0 Å². The van der Waals surface area contributed by atoms with Crippen LogP contribution in [0.2, 0.25) is 0 Å². The van der Waals surface area contributed by atoms with Crippen molar-refractivity contribution in [2.45, 2.75) is 13.8 Å². The van der Waals surface area contributed by atoms with Crippen molar-refractivity contribution in [3.63, 3.8) is 0 Å². The average molecular weight is 342 g/mol. The largest absolute Gasteiger partial charge is 0.545 e. The van der Waals surface area contributed by atoms with Gasteiger partial charge in [-0.1, -0.05) is 48.0 Å². The summed E-state index contributed by atoms with van der Waals surface area (Å²) in [6.45, 7) is 3.69. The first-order valence-electron chi connectivity index (χ1n) is 8.27. The number of pyridine rings is 1. The van der Waals surface area contributed by atoms with Gasteiger partial charge in [-0.05, 0) is 31.5 Å². The van der Waals surface area contributed by atoms with Crippen LogP contribution in [0.5, 0.6) is 0 Å². The van der Waals surface area contributed by atoms with Gasteiger partial charge in [0.2, 0.25) is 0 Å². The summed E-state index contributed by atoms with van der Waals surface area (Å²) in [5, 5.41) is 11.9. The minimum atomic E-state index is -1.24. The molecule has 128 valence electrons. The van der Waals surface area contributed by atoms with Crippen molar-refractivity contribution in [3.8, 4) is 16.8 Å². The summed E-state index contributed by atoms with van der Waals surface area (Å²) < 4.78 is 1.87. The second-order valence-electron chi connectivity index (χ2n) is 6.22. The molecule has 0 saturated carbocycles. The molecule has 4 aromatic rings. The van der Waals surface area contributed by atoms with E-state index in [2.05, 4.69) is 9.97 Å². The lowest BCUT2D eigenvalue weighted by molar-refractivity contribution is -0.255. The molecule has 0 spiro atoms. The lowest BCUT2D eigenvalue weighted by atomic mass is 9.98. The molecule has 0 aliphatic heterocycles. The summed E-state index contributed by atoms with van der Waals surface area (Å²) in [4.78, 5) is 20.7. The standard InChI is InChI=1S/C21H17N3O2/c1-13-8-10-16(11-9-13)24-12-22-20-19(24)18(15-6-4-3-5-7-15)17(21(25)26)14(2)23-20/h3-12H,1-2H3,(H,25,26)/p-1.